The fraction of sp³-hybridized carbons (Fsp3) is 0.188. The van der Waals surface area contributed by atoms with Gasteiger partial charge in [0, 0.05) is 18.7 Å². The van der Waals surface area contributed by atoms with Crippen LogP contribution >= 0.6 is 17.0 Å². The van der Waals surface area contributed by atoms with Gasteiger partial charge in [-0.3, -0.25) is 15.6 Å². The molecule has 0 aliphatic carbocycles. The van der Waals surface area contributed by atoms with Gasteiger partial charge in [0.1, 0.15) is 0 Å². The molecule has 0 saturated heterocycles. The summed E-state index contributed by atoms with van der Waals surface area (Å²) < 4.78 is 0. The third-order valence-electron chi connectivity index (χ3n) is 2.98. The van der Waals surface area contributed by atoms with Crippen molar-refractivity contribution in [2.45, 2.75) is 13.1 Å². The van der Waals surface area contributed by atoms with E-state index in [1.54, 1.807) is 0 Å². The van der Waals surface area contributed by atoms with Gasteiger partial charge in [-0.25, -0.2) is 0 Å². The van der Waals surface area contributed by atoms with Crippen molar-refractivity contribution in [3.05, 3.63) is 71.3 Å². The molecule has 0 aliphatic rings. The highest BCUT2D eigenvalue weighted by molar-refractivity contribution is 8.93. The largest absolute Gasteiger partial charge is 0.348 e. The third-order valence-corrected chi connectivity index (χ3v) is 2.98. The summed E-state index contributed by atoms with van der Waals surface area (Å²) in [6, 6.07) is 17.4. The second-order valence-corrected chi connectivity index (χ2v) is 4.47. The van der Waals surface area contributed by atoms with Crippen molar-refractivity contribution in [1.29, 1.82) is 0 Å². The second-order valence-electron chi connectivity index (χ2n) is 4.47. The number of halogens is 1. The minimum Gasteiger partial charge on any atom is -0.348 e. The second kappa shape index (κ2) is 9.28. The Morgan fingerprint density at radius 1 is 0.905 bits per heavy atom. The summed E-state index contributed by atoms with van der Waals surface area (Å²) in [5.74, 6) is -0.0537. The van der Waals surface area contributed by atoms with Crippen LogP contribution in [0.25, 0.3) is 0 Å². The molecule has 0 aromatic heterocycles. The molecule has 1 amide bonds. The predicted molar refractivity (Wildman–Crippen MR) is 90.3 cm³/mol. The minimum atomic E-state index is -0.0537. The summed E-state index contributed by atoms with van der Waals surface area (Å²) in [6.45, 7) is 1.27. The maximum absolute atomic E-state index is 12.0. The maximum atomic E-state index is 12.0. The normalized spacial score (nSPS) is 9.76. The van der Waals surface area contributed by atoms with Crippen LogP contribution in [0.1, 0.15) is 21.5 Å². The lowest BCUT2D eigenvalue weighted by Gasteiger charge is -2.07. The first-order valence-electron chi connectivity index (χ1n) is 6.60. The molecule has 21 heavy (non-hydrogen) atoms. The van der Waals surface area contributed by atoms with Gasteiger partial charge in [0.2, 0.25) is 0 Å². The van der Waals surface area contributed by atoms with Gasteiger partial charge >= 0.3 is 0 Å². The average Bonchev–Trinajstić information content (AvgIpc) is 2.52. The number of amides is 1. The number of hydrogen-bond acceptors (Lipinski definition) is 3. The van der Waals surface area contributed by atoms with Gasteiger partial charge in [-0.2, -0.15) is 0 Å². The molecule has 0 unspecified atom stereocenters. The van der Waals surface area contributed by atoms with Crippen LogP contribution in [-0.2, 0) is 13.1 Å². The van der Waals surface area contributed by atoms with Crippen molar-refractivity contribution >= 4 is 22.9 Å². The lowest BCUT2D eigenvalue weighted by Crippen LogP contribution is -2.26. The molecular formula is C16H20BrN3O. The Labute approximate surface area is 135 Å². The van der Waals surface area contributed by atoms with Crippen molar-refractivity contribution in [2.75, 3.05) is 7.05 Å². The summed E-state index contributed by atoms with van der Waals surface area (Å²) in [4.78, 5) is 12.0. The molecule has 0 aliphatic heterocycles. The molecule has 0 bridgehead atoms. The predicted octanol–water partition coefficient (Wildman–Crippen LogP) is 2.42. The van der Waals surface area contributed by atoms with Crippen LogP contribution in [0.15, 0.2) is 54.6 Å². The molecule has 2 rings (SSSR count). The topological polar surface area (TPSA) is 53.2 Å². The van der Waals surface area contributed by atoms with Gasteiger partial charge in [0.15, 0.2) is 0 Å². The Balaban J connectivity index is 0.00000220. The van der Waals surface area contributed by atoms with Crippen LogP contribution < -0.4 is 16.2 Å². The number of rotatable bonds is 6. The summed E-state index contributed by atoms with van der Waals surface area (Å²) >= 11 is 0. The first-order chi connectivity index (χ1) is 9.79. The number of hydrazine groups is 1. The summed E-state index contributed by atoms with van der Waals surface area (Å²) in [5.41, 5.74) is 8.76. The summed E-state index contributed by atoms with van der Waals surface area (Å²) in [6.07, 6.45) is 0. The van der Waals surface area contributed by atoms with Crippen LogP contribution in [0.2, 0.25) is 0 Å². The van der Waals surface area contributed by atoms with E-state index in [0.29, 0.717) is 12.1 Å². The number of carbonyl (C=O) groups is 1. The fourth-order valence-electron chi connectivity index (χ4n) is 1.84. The Bertz CT molecular complexity index is 543. The zero-order valence-electron chi connectivity index (χ0n) is 11.9. The van der Waals surface area contributed by atoms with Crippen molar-refractivity contribution in [2.24, 2.45) is 0 Å². The summed E-state index contributed by atoms with van der Waals surface area (Å²) in [7, 11) is 1.82. The van der Waals surface area contributed by atoms with E-state index < -0.39 is 0 Å². The van der Waals surface area contributed by atoms with Crippen molar-refractivity contribution in [3.63, 3.8) is 0 Å². The lowest BCUT2D eigenvalue weighted by atomic mass is 10.1. The average molecular weight is 350 g/mol. The van der Waals surface area contributed by atoms with Gasteiger partial charge in [-0.1, -0.05) is 42.5 Å². The Morgan fingerprint density at radius 2 is 1.52 bits per heavy atom. The Kier molecular flexibility index (Phi) is 7.68. The number of hydrogen-bond donors (Lipinski definition) is 3. The zero-order valence-corrected chi connectivity index (χ0v) is 13.6. The molecule has 0 spiro atoms. The first kappa shape index (κ1) is 17.4. The van der Waals surface area contributed by atoms with Crippen molar-refractivity contribution < 1.29 is 4.79 Å². The van der Waals surface area contributed by atoms with Crippen LogP contribution in [0.5, 0.6) is 0 Å². The Morgan fingerprint density at radius 3 is 2.14 bits per heavy atom. The molecular weight excluding hydrogens is 330 g/mol. The quantitative estimate of drug-likeness (QED) is 0.702. The van der Waals surface area contributed by atoms with Gasteiger partial charge in [-0.15, -0.1) is 17.0 Å². The van der Waals surface area contributed by atoms with E-state index in [1.165, 1.54) is 0 Å². The van der Waals surface area contributed by atoms with Gasteiger partial charge in [-0.05, 0) is 30.3 Å². The van der Waals surface area contributed by atoms with Crippen molar-refractivity contribution in [1.82, 2.24) is 16.2 Å². The first-order valence-corrected chi connectivity index (χ1v) is 6.60. The molecule has 5 heteroatoms. The molecule has 0 fully saturated rings. The number of nitrogens with one attached hydrogen (secondary N) is 3. The molecule has 4 nitrogen and oxygen atoms in total. The van der Waals surface area contributed by atoms with Crippen molar-refractivity contribution in [3.8, 4) is 0 Å². The van der Waals surface area contributed by atoms with Gasteiger partial charge in [0.25, 0.3) is 5.91 Å². The fourth-order valence-corrected chi connectivity index (χ4v) is 1.84. The monoisotopic (exact) mass is 349 g/mol. The van der Waals surface area contributed by atoms with E-state index in [2.05, 4.69) is 16.2 Å². The van der Waals surface area contributed by atoms with Crippen LogP contribution in [-0.4, -0.2) is 13.0 Å². The molecule has 0 radical (unpaired) electrons. The van der Waals surface area contributed by atoms with Gasteiger partial charge in [0.05, 0.1) is 0 Å². The van der Waals surface area contributed by atoms with E-state index in [0.717, 1.165) is 17.7 Å². The molecule has 0 heterocycles. The molecule has 0 saturated carbocycles. The van der Waals surface area contributed by atoms with Crippen LogP contribution in [0.4, 0.5) is 0 Å². The van der Waals surface area contributed by atoms with Gasteiger partial charge < -0.3 is 5.32 Å². The van der Waals surface area contributed by atoms with E-state index in [9.17, 15) is 4.79 Å². The third kappa shape index (κ3) is 5.67. The van der Waals surface area contributed by atoms with E-state index in [-0.39, 0.29) is 22.9 Å². The van der Waals surface area contributed by atoms with E-state index in [4.69, 9.17) is 0 Å². The summed E-state index contributed by atoms with van der Waals surface area (Å²) in [5, 5.41) is 2.91. The van der Waals surface area contributed by atoms with Crippen LogP contribution in [0, 0.1) is 0 Å². The standard InChI is InChI=1S/C16H19N3O.BrH/c1-17-19-12-14-7-9-15(10-8-14)16(20)18-11-13-5-3-2-4-6-13;/h2-10,17,19H,11-12H2,1H3,(H,18,20);1H. The maximum Gasteiger partial charge on any atom is 0.251 e. The molecule has 2 aromatic rings. The lowest BCUT2D eigenvalue weighted by molar-refractivity contribution is 0.0951. The SMILES string of the molecule is Br.CNNCc1ccc(C(=O)NCc2ccccc2)cc1. The number of carbonyl (C=O) groups excluding carboxylic acids is 1. The molecule has 0 atom stereocenters. The Hall–Kier alpha value is -1.69. The smallest absolute Gasteiger partial charge is 0.251 e. The van der Waals surface area contributed by atoms with Crippen LogP contribution in [0.3, 0.4) is 0 Å². The highest BCUT2D eigenvalue weighted by Gasteiger charge is 2.04. The minimum absolute atomic E-state index is 0. The highest BCUT2D eigenvalue weighted by Crippen LogP contribution is 2.05. The van der Waals surface area contributed by atoms with E-state index >= 15 is 0 Å². The highest BCUT2D eigenvalue weighted by atomic mass is 79.9. The number of benzene rings is 2. The zero-order chi connectivity index (χ0) is 14.2. The molecule has 2 aromatic carbocycles. The molecule has 3 N–H and O–H groups in total. The molecule has 112 valence electrons. The van der Waals surface area contributed by atoms with E-state index in [1.807, 2.05) is 61.6 Å².